The maximum Gasteiger partial charge on any atom is 0.119 e. The summed E-state index contributed by atoms with van der Waals surface area (Å²) in [6.45, 7) is 8.20. The van der Waals surface area contributed by atoms with Crippen LogP contribution in [0.25, 0.3) is 4.91 Å². The molecule has 0 aliphatic carbocycles. The third kappa shape index (κ3) is 5.23. The molecule has 0 aliphatic rings. The van der Waals surface area contributed by atoms with Gasteiger partial charge in [0, 0.05) is 17.0 Å². The molecule has 2 N–H and O–H groups in total. The van der Waals surface area contributed by atoms with Crippen molar-refractivity contribution in [1.82, 2.24) is 0 Å². The number of thioether (sulfide) groups is 1. The van der Waals surface area contributed by atoms with Crippen LogP contribution in [0.3, 0.4) is 0 Å². The van der Waals surface area contributed by atoms with Crippen molar-refractivity contribution in [3.8, 4) is 5.75 Å². The Hall–Kier alpha value is -1.52. The van der Waals surface area contributed by atoms with Crippen LogP contribution in [0.2, 0.25) is 0 Å². The minimum absolute atomic E-state index is 0.159. The van der Waals surface area contributed by atoms with Crippen LogP contribution in [0.15, 0.2) is 53.7 Å². The predicted octanol–water partition coefficient (Wildman–Crippen LogP) is 4.51. The Morgan fingerprint density at radius 1 is 1.40 bits per heavy atom. The second-order valence-electron chi connectivity index (χ2n) is 4.24. The van der Waals surface area contributed by atoms with Gasteiger partial charge in [-0.2, -0.15) is 0 Å². The van der Waals surface area contributed by atoms with Gasteiger partial charge in [-0.25, -0.2) is 4.39 Å². The lowest BCUT2D eigenvalue weighted by molar-refractivity contribution is 0.347. The van der Waals surface area contributed by atoms with Crippen LogP contribution in [-0.4, -0.2) is 13.2 Å². The molecule has 20 heavy (non-hydrogen) atoms. The van der Waals surface area contributed by atoms with E-state index in [9.17, 15) is 4.39 Å². The van der Waals surface area contributed by atoms with Crippen molar-refractivity contribution in [1.29, 1.82) is 0 Å². The van der Waals surface area contributed by atoms with Crippen molar-refractivity contribution < 1.29 is 9.13 Å². The van der Waals surface area contributed by atoms with Gasteiger partial charge in [-0.1, -0.05) is 36.5 Å². The van der Waals surface area contributed by atoms with E-state index in [1.165, 1.54) is 0 Å². The monoisotopic (exact) mass is 293 g/mol. The molecule has 0 saturated heterocycles. The van der Waals surface area contributed by atoms with Crippen molar-refractivity contribution in [3.05, 3.63) is 59.3 Å². The number of hydrogen-bond acceptors (Lipinski definition) is 3. The minimum atomic E-state index is 0.159. The van der Waals surface area contributed by atoms with E-state index in [0.717, 1.165) is 15.4 Å². The van der Waals surface area contributed by atoms with Crippen LogP contribution >= 0.6 is 11.8 Å². The summed E-state index contributed by atoms with van der Waals surface area (Å²) >= 11 is 1.63. The largest absolute Gasteiger partial charge is 0.489 e. The molecular weight excluding hydrogens is 273 g/mol. The molecule has 1 rings (SSSR count). The molecule has 0 atom stereocenters. The summed E-state index contributed by atoms with van der Waals surface area (Å²) < 4.78 is 17.8. The lowest BCUT2D eigenvalue weighted by Crippen LogP contribution is -2.10. The van der Waals surface area contributed by atoms with Gasteiger partial charge in [-0.15, -0.1) is 0 Å². The van der Waals surface area contributed by atoms with Crippen LogP contribution in [-0.2, 0) is 0 Å². The molecule has 0 bridgehead atoms. The van der Waals surface area contributed by atoms with Crippen LogP contribution < -0.4 is 10.5 Å². The van der Waals surface area contributed by atoms with Crippen molar-refractivity contribution in [3.63, 3.8) is 0 Å². The van der Waals surface area contributed by atoms with E-state index in [-0.39, 0.29) is 13.2 Å². The number of ether oxygens (including phenoxy) is 1. The first kappa shape index (κ1) is 16.5. The van der Waals surface area contributed by atoms with E-state index >= 15 is 0 Å². The van der Waals surface area contributed by atoms with Crippen LogP contribution in [0.4, 0.5) is 4.39 Å². The van der Waals surface area contributed by atoms with Gasteiger partial charge >= 0.3 is 0 Å². The van der Waals surface area contributed by atoms with Gasteiger partial charge in [0.05, 0.1) is 6.33 Å². The van der Waals surface area contributed by atoms with E-state index in [2.05, 4.69) is 6.58 Å². The summed E-state index contributed by atoms with van der Waals surface area (Å²) in [7, 11) is 0. The summed E-state index contributed by atoms with van der Waals surface area (Å²) in [4.78, 5) is 2.19. The van der Waals surface area contributed by atoms with Gasteiger partial charge in [-0.3, -0.25) is 0 Å². The predicted molar refractivity (Wildman–Crippen MR) is 86.2 cm³/mol. The second-order valence-corrected chi connectivity index (χ2v) is 5.58. The average molecular weight is 293 g/mol. The highest BCUT2D eigenvalue weighted by Gasteiger charge is 2.03. The van der Waals surface area contributed by atoms with Gasteiger partial charge in [0.1, 0.15) is 12.4 Å². The zero-order chi connectivity index (χ0) is 15.0. The fourth-order valence-electron chi connectivity index (χ4n) is 1.50. The van der Waals surface area contributed by atoms with Crippen LogP contribution in [0.1, 0.15) is 19.4 Å². The Kier molecular flexibility index (Phi) is 7.12. The minimum Gasteiger partial charge on any atom is -0.489 e. The number of rotatable bonds is 7. The smallest absolute Gasteiger partial charge is 0.119 e. The number of allylic oxidation sites excluding steroid dienone is 2. The van der Waals surface area contributed by atoms with Crippen LogP contribution in [0, 0.1) is 0 Å². The molecule has 1 aromatic carbocycles. The van der Waals surface area contributed by atoms with Gasteiger partial charge in [0.25, 0.3) is 0 Å². The Morgan fingerprint density at radius 3 is 2.50 bits per heavy atom. The molecule has 0 spiro atoms. The lowest BCUT2D eigenvalue weighted by Gasteiger charge is -2.10. The highest BCUT2D eigenvalue weighted by atomic mass is 32.2. The van der Waals surface area contributed by atoms with Crippen molar-refractivity contribution in [2.75, 3.05) is 13.2 Å². The first-order valence-electron chi connectivity index (χ1n) is 6.31. The highest BCUT2D eigenvalue weighted by molar-refractivity contribution is 8.11. The van der Waals surface area contributed by atoms with Gasteiger partial charge in [-0.05, 0) is 36.4 Å². The maximum absolute atomic E-state index is 12.4. The fraction of sp³-hybridized carbons (Fsp3) is 0.250. The Bertz CT molecular complexity index is 506. The maximum atomic E-state index is 12.4. The summed E-state index contributed by atoms with van der Waals surface area (Å²) in [5.41, 5.74) is 6.90. The van der Waals surface area contributed by atoms with Crippen molar-refractivity contribution in [2.24, 2.45) is 5.73 Å². The summed E-state index contributed by atoms with van der Waals surface area (Å²) in [6, 6.07) is 7.68. The topological polar surface area (TPSA) is 35.2 Å². The number of hydrogen-bond donors (Lipinski definition) is 1. The molecule has 0 aromatic heterocycles. The van der Waals surface area contributed by atoms with E-state index in [1.54, 1.807) is 11.8 Å². The number of nitrogens with two attached hydrogens (primary N) is 1. The van der Waals surface area contributed by atoms with E-state index in [1.807, 2.05) is 44.2 Å². The van der Waals surface area contributed by atoms with Crippen LogP contribution in [0.5, 0.6) is 5.75 Å². The third-order valence-electron chi connectivity index (χ3n) is 2.53. The first-order valence-corrected chi connectivity index (χ1v) is 7.13. The average Bonchev–Trinajstić information content (AvgIpc) is 2.46. The van der Waals surface area contributed by atoms with Crippen molar-refractivity contribution >= 4 is 16.7 Å². The number of halogens is 1. The molecule has 0 heterocycles. The molecule has 0 radical (unpaired) electrons. The zero-order valence-electron chi connectivity index (χ0n) is 11.9. The molecular formula is C16H20FNOS. The molecule has 0 aliphatic heterocycles. The first-order chi connectivity index (χ1) is 9.60. The quantitative estimate of drug-likeness (QED) is 0.803. The summed E-state index contributed by atoms with van der Waals surface area (Å²) in [5, 5.41) is 0. The zero-order valence-corrected chi connectivity index (χ0v) is 12.7. The second kappa shape index (κ2) is 8.61. The molecule has 4 heteroatoms. The summed E-state index contributed by atoms with van der Waals surface area (Å²) in [6.07, 6.45) is 2.55. The van der Waals surface area contributed by atoms with Gasteiger partial charge < -0.3 is 10.5 Å². The molecule has 2 nitrogen and oxygen atoms in total. The van der Waals surface area contributed by atoms with E-state index in [4.69, 9.17) is 10.5 Å². The molecule has 0 fully saturated rings. The normalized spacial score (nSPS) is 12.4. The van der Waals surface area contributed by atoms with E-state index < -0.39 is 0 Å². The SMILES string of the molecule is C=C(C)S/C(=C\C)c1ccc(OC/C(=C/F)CN)cc1. The molecule has 0 unspecified atom stereocenters. The summed E-state index contributed by atoms with van der Waals surface area (Å²) in [5.74, 6) is 0.692. The van der Waals surface area contributed by atoms with E-state index in [0.29, 0.717) is 17.7 Å². The van der Waals surface area contributed by atoms with Crippen molar-refractivity contribution in [2.45, 2.75) is 13.8 Å². The highest BCUT2D eigenvalue weighted by Crippen LogP contribution is 2.33. The standard InChI is InChI=1S/C16H20FNOS/c1-4-16(20-12(2)3)14-5-7-15(8-6-14)19-11-13(9-17)10-18/h4-9H,2,10-11,18H2,1,3H3/b13-9+,16-4-. The molecule has 1 aromatic rings. The molecule has 0 amide bonds. The van der Waals surface area contributed by atoms with Gasteiger partial charge in [0.2, 0.25) is 0 Å². The van der Waals surface area contributed by atoms with Gasteiger partial charge in [0.15, 0.2) is 0 Å². The molecule has 0 saturated carbocycles. The fourth-order valence-corrected chi connectivity index (χ4v) is 2.25. The number of benzene rings is 1. The Labute approximate surface area is 124 Å². The Balaban J connectivity index is 2.71. The lowest BCUT2D eigenvalue weighted by atomic mass is 10.2. The molecule has 108 valence electrons. The Morgan fingerprint density at radius 2 is 2.05 bits per heavy atom. The third-order valence-corrected chi connectivity index (χ3v) is 3.57.